The molecule has 0 aromatic rings. The van der Waals surface area contributed by atoms with Crippen LogP contribution in [0, 0.1) is 0 Å². The predicted octanol–water partition coefficient (Wildman–Crippen LogP) is -1.36. The molecule has 0 aromatic heterocycles. The van der Waals surface area contributed by atoms with Crippen molar-refractivity contribution in [2.75, 3.05) is 0 Å². The molecule has 0 bridgehead atoms. The van der Waals surface area contributed by atoms with E-state index >= 15 is 0 Å². The van der Waals surface area contributed by atoms with Crippen LogP contribution in [-0.4, -0.2) is 73.3 Å². The van der Waals surface area contributed by atoms with Crippen LogP contribution in [0.1, 0.15) is 55.4 Å². The van der Waals surface area contributed by atoms with Gasteiger partial charge in [0, 0.05) is 0 Å². The average Bonchev–Trinajstić information content (AvgIpc) is 1.76. The molecular formula is C12H28BaO4Ti+2. The topological polar surface area (TPSA) is 92.2 Å². The van der Waals surface area contributed by atoms with E-state index in [0.29, 0.717) is 0 Å². The maximum Gasteiger partial charge on any atom is 4.00 e. The molecule has 0 spiro atoms. The molecule has 0 saturated carbocycles. The second kappa shape index (κ2) is 31.5. The molecule has 0 atom stereocenters. The Labute approximate surface area is 169 Å². The predicted molar refractivity (Wildman–Crippen MR) is 66.3 cm³/mol. The van der Waals surface area contributed by atoms with Crippen LogP contribution in [0.2, 0.25) is 0 Å². The fourth-order valence-corrected chi connectivity index (χ4v) is 0. The minimum absolute atomic E-state index is 0. The summed E-state index contributed by atoms with van der Waals surface area (Å²) in [5.41, 5.74) is 0. The molecule has 6 heteroatoms. The molecule has 0 aliphatic rings. The Hall–Kier alpha value is 2.13. The summed E-state index contributed by atoms with van der Waals surface area (Å²) >= 11 is 0. The second-order valence-corrected chi connectivity index (χ2v) is 4.20. The normalized spacial score (nSPS) is 8.00. The largest absolute Gasteiger partial charge is 4.00 e. The zero-order valence-corrected chi connectivity index (χ0v) is 19.2. The van der Waals surface area contributed by atoms with Crippen molar-refractivity contribution in [3.8, 4) is 0 Å². The first-order valence-electron chi connectivity index (χ1n) is 5.56. The number of hydrogen-bond acceptors (Lipinski definition) is 4. The Morgan fingerprint density at radius 3 is 0.444 bits per heavy atom. The number of rotatable bonds is 0. The third kappa shape index (κ3) is 1180. The van der Waals surface area contributed by atoms with Crippen molar-refractivity contribution in [2.45, 2.75) is 79.8 Å². The van der Waals surface area contributed by atoms with Gasteiger partial charge in [0.1, 0.15) is 0 Å². The Morgan fingerprint density at radius 2 is 0.444 bits per heavy atom. The van der Waals surface area contributed by atoms with E-state index in [1.807, 2.05) is 0 Å². The molecule has 0 aromatic carbocycles. The average molecular weight is 422 g/mol. The Bertz CT molecular complexity index is 67.1. The summed E-state index contributed by atoms with van der Waals surface area (Å²) < 4.78 is 0. The van der Waals surface area contributed by atoms with Crippen LogP contribution in [0.3, 0.4) is 0 Å². The summed E-state index contributed by atoms with van der Waals surface area (Å²) in [7, 11) is 0. The first-order chi connectivity index (χ1) is 6.93. The summed E-state index contributed by atoms with van der Waals surface area (Å²) in [5, 5.41) is 38.1. The molecule has 0 radical (unpaired) electrons. The molecular weight excluding hydrogens is 393 g/mol. The van der Waals surface area contributed by atoms with Gasteiger partial charge in [-0.1, -0.05) is 55.4 Å². The van der Waals surface area contributed by atoms with E-state index in [2.05, 4.69) is 0 Å². The van der Waals surface area contributed by atoms with Crippen molar-refractivity contribution in [3.05, 3.63) is 0 Å². The van der Waals surface area contributed by atoms with Crippen LogP contribution in [0.5, 0.6) is 0 Å². The van der Waals surface area contributed by atoms with Gasteiger partial charge in [0.05, 0.1) is 0 Å². The summed E-state index contributed by atoms with van der Waals surface area (Å²) in [5.74, 6) is 0. The van der Waals surface area contributed by atoms with Gasteiger partial charge in [-0.2, -0.15) is 0 Å². The van der Waals surface area contributed by atoms with Gasteiger partial charge in [0.25, 0.3) is 0 Å². The Morgan fingerprint density at radius 1 is 0.444 bits per heavy atom. The van der Waals surface area contributed by atoms with Crippen LogP contribution >= 0.6 is 0 Å². The Kier molecular flexibility index (Phi) is 64.5. The maximum absolute atomic E-state index is 9.53. The van der Waals surface area contributed by atoms with Gasteiger partial charge in [-0.25, -0.2) is 0 Å². The maximum atomic E-state index is 9.53. The van der Waals surface area contributed by atoms with Gasteiger partial charge in [-0.15, -0.1) is 24.4 Å². The van der Waals surface area contributed by atoms with Gasteiger partial charge in [-0.05, 0) is 0 Å². The van der Waals surface area contributed by atoms with Crippen LogP contribution < -0.4 is 20.4 Å². The summed E-state index contributed by atoms with van der Waals surface area (Å²) in [6.45, 7) is 12.9. The summed E-state index contributed by atoms with van der Waals surface area (Å²) in [4.78, 5) is 0. The van der Waals surface area contributed by atoms with E-state index < -0.39 is 24.4 Å². The molecule has 0 aliphatic carbocycles. The van der Waals surface area contributed by atoms with E-state index in [0.717, 1.165) is 0 Å². The van der Waals surface area contributed by atoms with Crippen LogP contribution in [0.15, 0.2) is 0 Å². The SMILES string of the molecule is CC(C)[O-].CC(C)[O-].CC(C)[O-].CC(C)[O-].[Ba+2].[Ti+4]. The molecule has 0 rings (SSSR count). The fraction of sp³-hybridized carbons (Fsp3) is 1.00. The molecule has 0 N–H and O–H groups in total. The van der Waals surface area contributed by atoms with Crippen LogP contribution in [0.4, 0.5) is 0 Å². The molecule has 18 heavy (non-hydrogen) atoms. The summed E-state index contributed by atoms with van der Waals surface area (Å²) in [6, 6.07) is 0. The van der Waals surface area contributed by atoms with E-state index in [9.17, 15) is 20.4 Å². The van der Waals surface area contributed by atoms with Gasteiger partial charge in [0.15, 0.2) is 0 Å². The molecule has 0 saturated heterocycles. The smallest absolute Gasteiger partial charge is 0.852 e. The first-order valence-corrected chi connectivity index (χ1v) is 5.56. The molecule has 0 fully saturated rings. The molecule has 4 nitrogen and oxygen atoms in total. The van der Waals surface area contributed by atoms with E-state index in [1.165, 1.54) is 0 Å². The zero-order chi connectivity index (χ0) is 14.3. The molecule has 0 unspecified atom stereocenters. The van der Waals surface area contributed by atoms with E-state index in [-0.39, 0.29) is 70.6 Å². The number of hydrogen-bond donors (Lipinski definition) is 0. The summed E-state index contributed by atoms with van der Waals surface area (Å²) in [6.07, 6.45) is -1.67. The van der Waals surface area contributed by atoms with Crippen molar-refractivity contribution < 1.29 is 42.1 Å². The molecule has 104 valence electrons. The van der Waals surface area contributed by atoms with Crippen molar-refractivity contribution in [1.82, 2.24) is 0 Å². The molecule has 0 amide bonds. The minimum Gasteiger partial charge on any atom is -0.852 e. The van der Waals surface area contributed by atoms with Gasteiger partial charge < -0.3 is 20.4 Å². The van der Waals surface area contributed by atoms with E-state index in [1.54, 1.807) is 55.4 Å². The van der Waals surface area contributed by atoms with Gasteiger partial charge >= 0.3 is 70.6 Å². The third-order valence-electron chi connectivity index (χ3n) is 0. The van der Waals surface area contributed by atoms with E-state index in [4.69, 9.17) is 0 Å². The minimum atomic E-state index is -0.417. The second-order valence-electron chi connectivity index (χ2n) is 4.20. The molecule has 0 heterocycles. The van der Waals surface area contributed by atoms with Crippen LogP contribution in [-0.2, 0) is 21.7 Å². The van der Waals surface area contributed by atoms with Crippen molar-refractivity contribution in [1.29, 1.82) is 0 Å². The zero-order valence-electron chi connectivity index (χ0n) is 13.1. The van der Waals surface area contributed by atoms with Crippen LogP contribution in [0.25, 0.3) is 0 Å². The Balaban J connectivity index is -0.0000000257. The van der Waals surface area contributed by atoms with Gasteiger partial charge in [-0.3, -0.25) is 0 Å². The monoisotopic (exact) mass is 422 g/mol. The van der Waals surface area contributed by atoms with Crippen molar-refractivity contribution in [3.63, 3.8) is 0 Å². The first kappa shape index (κ1) is 36.9. The van der Waals surface area contributed by atoms with Gasteiger partial charge in [0.2, 0.25) is 0 Å². The third-order valence-corrected chi connectivity index (χ3v) is 0. The standard InChI is InChI=1S/4C3H7O.Ba.Ti/c4*1-3(2)4;;/h4*3H,1-2H3;;/q4*-1;+2;+4. The van der Waals surface area contributed by atoms with Crippen molar-refractivity contribution >= 4 is 48.9 Å². The molecule has 0 aliphatic heterocycles. The van der Waals surface area contributed by atoms with Crippen molar-refractivity contribution in [2.24, 2.45) is 0 Å². The fourth-order valence-electron chi connectivity index (χ4n) is 0. The quantitative estimate of drug-likeness (QED) is 0.452.